The molecule has 0 aliphatic carbocycles. The molecule has 2 aromatic rings. The van der Waals surface area contributed by atoms with Crippen LogP contribution in [0.25, 0.3) is 0 Å². The first-order valence-electron chi connectivity index (χ1n) is 6.56. The molecule has 0 fully saturated rings. The summed E-state index contributed by atoms with van der Waals surface area (Å²) in [5.41, 5.74) is 2.44. The molecule has 1 atom stereocenters. The van der Waals surface area contributed by atoms with E-state index in [1.54, 1.807) is 13.3 Å². The minimum absolute atomic E-state index is 0.271. The first kappa shape index (κ1) is 13.6. The van der Waals surface area contributed by atoms with Gasteiger partial charge < -0.3 is 10.1 Å². The van der Waals surface area contributed by atoms with Gasteiger partial charge >= 0.3 is 0 Å². The molecule has 0 amide bonds. The van der Waals surface area contributed by atoms with Gasteiger partial charge in [0.15, 0.2) is 0 Å². The first-order valence-corrected chi connectivity index (χ1v) is 6.56. The lowest BCUT2D eigenvalue weighted by Gasteiger charge is -2.17. The molecule has 0 spiro atoms. The third-order valence-electron chi connectivity index (χ3n) is 3.19. The topological polar surface area (TPSA) is 34.1 Å². The summed E-state index contributed by atoms with van der Waals surface area (Å²) in [6, 6.07) is 12.5. The van der Waals surface area contributed by atoms with Crippen molar-refractivity contribution in [3.8, 4) is 5.75 Å². The van der Waals surface area contributed by atoms with Crippen LogP contribution in [0, 0.1) is 0 Å². The van der Waals surface area contributed by atoms with Crippen LogP contribution in [0.3, 0.4) is 0 Å². The second kappa shape index (κ2) is 6.90. The van der Waals surface area contributed by atoms with Crippen LogP contribution in [-0.4, -0.2) is 18.6 Å². The molecular formula is C16H20N2O. The van der Waals surface area contributed by atoms with Gasteiger partial charge in [0.05, 0.1) is 7.11 Å². The largest absolute Gasteiger partial charge is 0.496 e. The van der Waals surface area contributed by atoms with E-state index in [2.05, 4.69) is 29.4 Å². The predicted octanol–water partition coefficient (Wildman–Crippen LogP) is 2.98. The number of hydrogen-bond acceptors (Lipinski definition) is 3. The van der Waals surface area contributed by atoms with Crippen LogP contribution >= 0.6 is 0 Å². The minimum atomic E-state index is 0.271. The van der Waals surface area contributed by atoms with Gasteiger partial charge in [-0.25, -0.2) is 0 Å². The fraction of sp³-hybridized carbons (Fsp3) is 0.312. The van der Waals surface area contributed by atoms with Gasteiger partial charge in [-0.1, -0.05) is 24.3 Å². The maximum absolute atomic E-state index is 5.38. The Kier molecular flexibility index (Phi) is 4.93. The molecule has 0 aliphatic heterocycles. The zero-order valence-corrected chi connectivity index (χ0v) is 11.5. The number of methoxy groups -OCH3 is 1. The Morgan fingerprint density at radius 1 is 1.21 bits per heavy atom. The summed E-state index contributed by atoms with van der Waals surface area (Å²) in [5.74, 6) is 0.934. The predicted molar refractivity (Wildman–Crippen MR) is 77.4 cm³/mol. The lowest BCUT2D eigenvalue weighted by molar-refractivity contribution is 0.402. The summed E-state index contributed by atoms with van der Waals surface area (Å²) in [4.78, 5) is 4.12. The van der Waals surface area contributed by atoms with Crippen LogP contribution in [0.2, 0.25) is 0 Å². The molecule has 0 bridgehead atoms. The summed E-state index contributed by atoms with van der Waals surface area (Å²) in [6.07, 6.45) is 4.69. The van der Waals surface area contributed by atoms with Crippen molar-refractivity contribution >= 4 is 0 Å². The number of nitrogens with zero attached hydrogens (tertiary/aromatic N) is 1. The van der Waals surface area contributed by atoms with Crippen molar-refractivity contribution in [2.45, 2.75) is 19.4 Å². The zero-order chi connectivity index (χ0) is 13.5. The standard InChI is InChI=1S/C16H20N2O/c1-13(15-7-3-4-8-16(15)19-2)18-11-9-14-6-5-10-17-12-14/h3-8,10,12-13,18H,9,11H2,1-2H3/t13-/m1/s1. The fourth-order valence-corrected chi connectivity index (χ4v) is 2.11. The summed E-state index contributed by atoms with van der Waals surface area (Å²) in [7, 11) is 1.71. The SMILES string of the molecule is COc1ccccc1[C@@H](C)NCCc1cccnc1. The Morgan fingerprint density at radius 3 is 2.79 bits per heavy atom. The second-order valence-corrected chi connectivity index (χ2v) is 4.53. The lowest BCUT2D eigenvalue weighted by atomic mass is 10.1. The van der Waals surface area contributed by atoms with Crippen molar-refractivity contribution in [2.75, 3.05) is 13.7 Å². The Labute approximate surface area is 114 Å². The van der Waals surface area contributed by atoms with Gasteiger partial charge in [0.25, 0.3) is 0 Å². The second-order valence-electron chi connectivity index (χ2n) is 4.53. The summed E-state index contributed by atoms with van der Waals surface area (Å²) in [6.45, 7) is 3.08. The van der Waals surface area contributed by atoms with E-state index < -0.39 is 0 Å². The molecule has 0 radical (unpaired) electrons. The molecule has 0 saturated heterocycles. The van der Waals surface area contributed by atoms with Gasteiger partial charge in [-0.3, -0.25) is 4.98 Å². The van der Waals surface area contributed by atoms with Gasteiger partial charge in [0.1, 0.15) is 5.75 Å². The summed E-state index contributed by atoms with van der Waals surface area (Å²) in [5, 5.41) is 3.51. The molecule has 0 aliphatic rings. The van der Waals surface area contributed by atoms with E-state index in [9.17, 15) is 0 Å². The van der Waals surface area contributed by atoms with E-state index >= 15 is 0 Å². The van der Waals surface area contributed by atoms with Gasteiger partial charge in [-0.2, -0.15) is 0 Å². The van der Waals surface area contributed by atoms with Gasteiger partial charge in [0, 0.05) is 24.0 Å². The van der Waals surface area contributed by atoms with E-state index in [1.807, 2.05) is 30.5 Å². The molecule has 2 rings (SSSR count). The number of ether oxygens (including phenoxy) is 1. The van der Waals surface area contributed by atoms with Crippen molar-refractivity contribution in [1.29, 1.82) is 0 Å². The van der Waals surface area contributed by atoms with Crippen molar-refractivity contribution in [2.24, 2.45) is 0 Å². The molecule has 1 N–H and O–H groups in total. The van der Waals surface area contributed by atoms with Crippen LogP contribution in [0.5, 0.6) is 5.75 Å². The lowest BCUT2D eigenvalue weighted by Crippen LogP contribution is -2.21. The Balaban J connectivity index is 1.89. The molecule has 0 saturated carbocycles. The van der Waals surface area contributed by atoms with Crippen molar-refractivity contribution in [1.82, 2.24) is 10.3 Å². The summed E-state index contributed by atoms with van der Waals surface area (Å²) < 4.78 is 5.38. The highest BCUT2D eigenvalue weighted by Gasteiger charge is 2.09. The Hall–Kier alpha value is -1.87. The number of hydrogen-bond donors (Lipinski definition) is 1. The molecule has 19 heavy (non-hydrogen) atoms. The zero-order valence-electron chi connectivity index (χ0n) is 11.5. The van der Waals surface area contributed by atoms with Gasteiger partial charge in [-0.05, 0) is 37.6 Å². The van der Waals surface area contributed by atoms with E-state index in [0.717, 1.165) is 18.7 Å². The maximum Gasteiger partial charge on any atom is 0.123 e. The molecule has 100 valence electrons. The summed E-state index contributed by atoms with van der Waals surface area (Å²) >= 11 is 0. The molecule has 1 aromatic carbocycles. The van der Waals surface area contributed by atoms with Gasteiger partial charge in [0.2, 0.25) is 0 Å². The normalized spacial score (nSPS) is 12.1. The van der Waals surface area contributed by atoms with E-state index in [-0.39, 0.29) is 6.04 Å². The molecule has 0 unspecified atom stereocenters. The van der Waals surface area contributed by atoms with E-state index in [4.69, 9.17) is 4.74 Å². The number of nitrogens with one attached hydrogen (secondary N) is 1. The van der Waals surface area contributed by atoms with Crippen LogP contribution in [-0.2, 0) is 6.42 Å². The average Bonchev–Trinajstić information content (AvgIpc) is 2.48. The third-order valence-corrected chi connectivity index (χ3v) is 3.19. The van der Waals surface area contributed by atoms with Crippen LogP contribution in [0.4, 0.5) is 0 Å². The quantitative estimate of drug-likeness (QED) is 0.862. The number of aromatic nitrogens is 1. The first-order chi connectivity index (χ1) is 9.31. The van der Waals surface area contributed by atoms with Crippen molar-refractivity contribution < 1.29 is 4.74 Å². The average molecular weight is 256 g/mol. The molecule has 1 aromatic heterocycles. The molecule has 1 heterocycles. The van der Waals surface area contributed by atoms with Crippen molar-refractivity contribution in [3.05, 3.63) is 59.9 Å². The third kappa shape index (κ3) is 3.80. The maximum atomic E-state index is 5.38. The Bertz CT molecular complexity index is 499. The molecule has 3 heteroatoms. The minimum Gasteiger partial charge on any atom is -0.496 e. The highest BCUT2D eigenvalue weighted by Crippen LogP contribution is 2.24. The molecule has 3 nitrogen and oxygen atoms in total. The number of benzene rings is 1. The number of pyridine rings is 1. The molecular weight excluding hydrogens is 236 g/mol. The van der Waals surface area contributed by atoms with Crippen LogP contribution in [0.15, 0.2) is 48.8 Å². The monoisotopic (exact) mass is 256 g/mol. The van der Waals surface area contributed by atoms with Crippen LogP contribution in [0.1, 0.15) is 24.1 Å². The highest BCUT2D eigenvalue weighted by atomic mass is 16.5. The highest BCUT2D eigenvalue weighted by molar-refractivity contribution is 5.35. The van der Waals surface area contributed by atoms with Gasteiger partial charge in [-0.15, -0.1) is 0 Å². The number of para-hydroxylation sites is 1. The number of rotatable bonds is 6. The van der Waals surface area contributed by atoms with Crippen molar-refractivity contribution in [3.63, 3.8) is 0 Å². The van der Waals surface area contributed by atoms with E-state index in [0.29, 0.717) is 0 Å². The van der Waals surface area contributed by atoms with E-state index in [1.165, 1.54) is 11.1 Å². The fourth-order valence-electron chi connectivity index (χ4n) is 2.11. The van der Waals surface area contributed by atoms with Crippen LogP contribution < -0.4 is 10.1 Å². The smallest absolute Gasteiger partial charge is 0.123 e. The Morgan fingerprint density at radius 2 is 2.05 bits per heavy atom.